The topological polar surface area (TPSA) is 103 Å². The highest BCUT2D eigenvalue weighted by Crippen LogP contribution is 2.26. The van der Waals surface area contributed by atoms with E-state index in [1.54, 1.807) is 13.1 Å². The molecule has 0 unspecified atom stereocenters. The van der Waals surface area contributed by atoms with Gasteiger partial charge in [0.15, 0.2) is 5.69 Å². The van der Waals surface area contributed by atoms with Crippen LogP contribution in [0.2, 0.25) is 0 Å². The highest BCUT2D eigenvalue weighted by atomic mass is 19.4. The van der Waals surface area contributed by atoms with Gasteiger partial charge in [-0.25, -0.2) is 0 Å². The Morgan fingerprint density at radius 3 is 2.57 bits per heavy atom. The Hall–Kier alpha value is -3.50. The Morgan fingerprint density at radius 2 is 1.97 bits per heavy atom. The van der Waals surface area contributed by atoms with Crippen LogP contribution in [0.4, 0.5) is 13.2 Å². The molecule has 0 saturated carbocycles. The number of hydrogen-bond acceptors (Lipinski definition) is 7. The molecule has 8 nitrogen and oxygen atoms in total. The number of carbonyl (C=O) groups is 1. The minimum atomic E-state index is -4.55. The number of nitrogens with zero attached hydrogens (tertiary/aromatic N) is 4. The lowest BCUT2D eigenvalue weighted by Crippen LogP contribution is -2.43. The number of nitrogens with one attached hydrogen (secondary N) is 1. The van der Waals surface area contributed by atoms with Crippen LogP contribution in [-0.2, 0) is 6.61 Å². The average molecular weight is 421 g/mol. The molecule has 0 spiro atoms. The molecule has 0 saturated heterocycles. The fourth-order valence-corrected chi connectivity index (χ4v) is 2.41. The number of amides is 1. The molecule has 158 valence electrons. The van der Waals surface area contributed by atoms with Gasteiger partial charge in [-0.05, 0) is 39.0 Å². The van der Waals surface area contributed by atoms with Gasteiger partial charge in [-0.2, -0.15) is 13.2 Å². The first-order valence-electron chi connectivity index (χ1n) is 8.87. The van der Waals surface area contributed by atoms with E-state index in [4.69, 9.17) is 9.26 Å². The minimum absolute atomic E-state index is 0.0594. The Morgan fingerprint density at radius 1 is 1.20 bits per heavy atom. The molecule has 3 rings (SSSR count). The van der Waals surface area contributed by atoms with Gasteiger partial charge < -0.3 is 14.6 Å². The Balaban J connectivity index is 1.67. The zero-order valence-electron chi connectivity index (χ0n) is 16.3. The van der Waals surface area contributed by atoms with Gasteiger partial charge in [0.05, 0.1) is 5.56 Å². The lowest BCUT2D eigenvalue weighted by atomic mass is 10.1. The predicted molar refractivity (Wildman–Crippen MR) is 98.6 cm³/mol. The second-order valence-electron chi connectivity index (χ2n) is 6.54. The van der Waals surface area contributed by atoms with Gasteiger partial charge >= 0.3 is 6.18 Å². The largest absolute Gasteiger partial charge is 0.472 e. The smallest absolute Gasteiger partial charge is 0.408 e. The second-order valence-corrected chi connectivity index (χ2v) is 6.54. The third kappa shape index (κ3) is 4.91. The van der Waals surface area contributed by atoms with Crippen LogP contribution in [0.1, 0.15) is 34.4 Å². The normalized spacial score (nSPS) is 12.5. The summed E-state index contributed by atoms with van der Waals surface area (Å²) in [6, 6.07) is 4.27. The van der Waals surface area contributed by atoms with Gasteiger partial charge in [-0.3, -0.25) is 9.78 Å². The van der Waals surface area contributed by atoms with Gasteiger partial charge in [-0.15, -0.1) is 10.2 Å². The van der Waals surface area contributed by atoms with Crippen molar-refractivity contribution in [2.24, 2.45) is 0 Å². The van der Waals surface area contributed by atoms with E-state index in [-0.39, 0.29) is 18.2 Å². The van der Waals surface area contributed by atoms with Crippen molar-refractivity contribution >= 4 is 5.91 Å². The van der Waals surface area contributed by atoms with E-state index in [9.17, 15) is 18.0 Å². The molecule has 1 amide bonds. The van der Waals surface area contributed by atoms with Crippen LogP contribution in [-0.4, -0.2) is 38.5 Å². The zero-order chi connectivity index (χ0) is 21.9. The summed E-state index contributed by atoms with van der Waals surface area (Å²) < 4.78 is 48.5. The van der Waals surface area contributed by atoms with Crippen LogP contribution in [0.3, 0.4) is 0 Å². The van der Waals surface area contributed by atoms with Crippen LogP contribution in [0.25, 0.3) is 11.3 Å². The van der Waals surface area contributed by atoms with Crippen molar-refractivity contribution in [2.75, 3.05) is 0 Å². The van der Waals surface area contributed by atoms with Crippen molar-refractivity contribution < 1.29 is 27.2 Å². The first-order valence-corrected chi connectivity index (χ1v) is 8.87. The molecule has 0 aliphatic rings. The molecule has 11 heteroatoms. The summed E-state index contributed by atoms with van der Waals surface area (Å²) in [5.41, 5.74) is 2.62. The molecule has 1 N–H and O–H groups in total. The quantitative estimate of drug-likeness (QED) is 0.651. The Bertz CT molecular complexity index is 1020. The highest BCUT2D eigenvalue weighted by Gasteiger charge is 2.37. The van der Waals surface area contributed by atoms with Crippen LogP contribution in [0, 0.1) is 13.8 Å². The Labute approximate surface area is 169 Å². The van der Waals surface area contributed by atoms with E-state index in [0.717, 1.165) is 18.2 Å². The number of alkyl halides is 3. The zero-order valence-corrected chi connectivity index (χ0v) is 16.3. The number of halogens is 3. The summed E-state index contributed by atoms with van der Waals surface area (Å²) in [6.07, 6.45) is -2.88. The van der Waals surface area contributed by atoms with Crippen molar-refractivity contribution in [3.63, 3.8) is 0 Å². The van der Waals surface area contributed by atoms with Gasteiger partial charge in [-0.1, -0.05) is 5.16 Å². The van der Waals surface area contributed by atoms with Crippen molar-refractivity contribution in [1.29, 1.82) is 0 Å². The molecule has 0 aliphatic heterocycles. The van der Waals surface area contributed by atoms with E-state index >= 15 is 0 Å². The molecule has 3 heterocycles. The molecule has 30 heavy (non-hydrogen) atoms. The van der Waals surface area contributed by atoms with Crippen LogP contribution in [0.15, 0.2) is 35.0 Å². The van der Waals surface area contributed by atoms with Crippen LogP contribution in [0.5, 0.6) is 5.88 Å². The molecule has 0 aromatic carbocycles. The lowest BCUT2D eigenvalue weighted by molar-refractivity contribution is -0.149. The summed E-state index contributed by atoms with van der Waals surface area (Å²) in [5, 5.41) is 13.2. The maximum Gasteiger partial charge on any atom is 0.408 e. The van der Waals surface area contributed by atoms with E-state index in [2.05, 4.69) is 20.3 Å². The molecule has 3 aromatic heterocycles. The molecule has 0 bridgehead atoms. The number of ether oxygens (including phenoxy) is 1. The first kappa shape index (κ1) is 21.2. The fourth-order valence-electron chi connectivity index (χ4n) is 2.41. The Kier molecular flexibility index (Phi) is 5.99. The van der Waals surface area contributed by atoms with Crippen LogP contribution >= 0.6 is 0 Å². The first-order chi connectivity index (χ1) is 14.1. The van der Waals surface area contributed by atoms with Gasteiger partial charge in [0.1, 0.15) is 24.1 Å². The number of hydrogen-bond donors (Lipinski definition) is 1. The SMILES string of the molecule is Cc1ccc(-c2noc(C)c2COc2ccc(C(=O)N[C@H](C)C(F)(F)F)nn2)cn1. The summed E-state index contributed by atoms with van der Waals surface area (Å²) in [5.74, 6) is -0.345. The molecule has 0 radical (unpaired) electrons. The molecule has 3 aromatic rings. The number of pyridine rings is 1. The van der Waals surface area contributed by atoms with Crippen molar-refractivity contribution in [3.05, 3.63) is 53.2 Å². The lowest BCUT2D eigenvalue weighted by Gasteiger charge is -2.16. The van der Waals surface area contributed by atoms with E-state index < -0.39 is 18.1 Å². The second kappa shape index (κ2) is 8.47. The van der Waals surface area contributed by atoms with Crippen molar-refractivity contribution in [2.45, 2.75) is 39.6 Å². The van der Waals surface area contributed by atoms with Crippen molar-refractivity contribution in [1.82, 2.24) is 25.7 Å². The number of aromatic nitrogens is 4. The third-order valence-electron chi connectivity index (χ3n) is 4.25. The van der Waals surface area contributed by atoms with Gasteiger partial charge in [0.2, 0.25) is 5.88 Å². The fraction of sp³-hybridized carbons (Fsp3) is 0.316. The number of carbonyl (C=O) groups excluding carboxylic acids is 1. The monoisotopic (exact) mass is 421 g/mol. The number of rotatable bonds is 6. The predicted octanol–water partition coefficient (Wildman–Crippen LogP) is 3.40. The highest BCUT2D eigenvalue weighted by molar-refractivity contribution is 5.92. The van der Waals surface area contributed by atoms with Gasteiger partial charge in [0, 0.05) is 23.5 Å². The standard InChI is InChI=1S/C19H18F3N5O3/c1-10-4-5-13(8-23-10)17-14(11(2)30-27-17)9-29-16-7-6-15(25-26-16)18(28)24-12(3)19(20,21)22/h4-8,12H,9H2,1-3H3,(H,24,28)/t12-/m1/s1. The average Bonchev–Trinajstić information content (AvgIpc) is 3.07. The maximum absolute atomic E-state index is 12.5. The molecule has 1 atom stereocenters. The van der Waals surface area contributed by atoms with Crippen molar-refractivity contribution in [3.8, 4) is 17.1 Å². The van der Waals surface area contributed by atoms with Gasteiger partial charge in [0.25, 0.3) is 5.91 Å². The number of aryl methyl sites for hydroxylation is 2. The summed E-state index contributed by atoms with van der Waals surface area (Å²) >= 11 is 0. The van der Waals surface area contributed by atoms with Crippen LogP contribution < -0.4 is 10.1 Å². The van der Waals surface area contributed by atoms with E-state index in [1.165, 1.54) is 12.1 Å². The molecule has 0 fully saturated rings. The summed E-state index contributed by atoms with van der Waals surface area (Å²) in [6.45, 7) is 4.50. The molecule has 0 aliphatic carbocycles. The maximum atomic E-state index is 12.5. The molecular weight excluding hydrogens is 403 g/mol. The van der Waals surface area contributed by atoms with E-state index in [0.29, 0.717) is 17.0 Å². The third-order valence-corrected chi connectivity index (χ3v) is 4.25. The minimum Gasteiger partial charge on any atom is -0.472 e. The summed E-state index contributed by atoms with van der Waals surface area (Å²) in [7, 11) is 0. The molecular formula is C19H18F3N5O3. The van der Waals surface area contributed by atoms with E-state index in [1.807, 2.05) is 24.4 Å². The summed E-state index contributed by atoms with van der Waals surface area (Å²) in [4.78, 5) is 16.1.